The van der Waals surface area contributed by atoms with Gasteiger partial charge in [0.2, 0.25) is 0 Å². The van der Waals surface area contributed by atoms with Gasteiger partial charge in [-0.15, -0.1) is 0 Å². The van der Waals surface area contributed by atoms with Gasteiger partial charge in [0, 0.05) is 28.9 Å². The summed E-state index contributed by atoms with van der Waals surface area (Å²) < 4.78 is 17.9. The summed E-state index contributed by atoms with van der Waals surface area (Å²) in [5.41, 5.74) is 8.79. The van der Waals surface area contributed by atoms with Crippen LogP contribution < -0.4 is 19.5 Å². The maximum Gasteiger partial charge on any atom is 0.150 e. The topological polar surface area (TPSA) is 39.7 Å². The first-order chi connectivity index (χ1) is 18.7. The number of ether oxygens (including phenoxy) is 3. The van der Waals surface area contributed by atoms with Crippen molar-refractivity contribution in [3.05, 3.63) is 132 Å². The third-order valence-corrected chi connectivity index (χ3v) is 7.02. The maximum atomic E-state index is 6.66. The molecule has 4 heteroatoms. The second-order valence-corrected chi connectivity index (χ2v) is 9.29. The minimum absolute atomic E-state index is 0.288. The Hall–Kier alpha value is -4.70. The van der Waals surface area contributed by atoms with E-state index in [0.29, 0.717) is 0 Å². The van der Waals surface area contributed by atoms with E-state index in [4.69, 9.17) is 14.2 Å². The zero-order valence-corrected chi connectivity index (χ0v) is 21.5. The van der Waals surface area contributed by atoms with Crippen molar-refractivity contribution in [2.24, 2.45) is 0 Å². The van der Waals surface area contributed by atoms with Crippen molar-refractivity contribution < 1.29 is 14.2 Å². The fourth-order valence-corrected chi connectivity index (χ4v) is 5.14. The van der Waals surface area contributed by atoms with Gasteiger partial charge in [-0.05, 0) is 53.1 Å². The van der Waals surface area contributed by atoms with Gasteiger partial charge in [-0.3, -0.25) is 0 Å². The lowest BCUT2D eigenvalue weighted by molar-refractivity contribution is 0.241. The van der Waals surface area contributed by atoms with Crippen LogP contribution in [0.4, 0.5) is 5.69 Å². The monoisotopic (exact) mass is 499 g/mol. The zero-order valence-electron chi connectivity index (χ0n) is 21.5. The standard InChI is InChI=1S/C34H29NO3/c1-36-26-13-8-12-25(20-26)34-29-21-24(18-19-28(29)33-31(37-2)16-9-17-32(33)38-34)27-14-6-7-15-30(27)35-22-23-10-4-3-5-11-23/h3-21,34-35H,22H2,1-2H3. The van der Waals surface area contributed by atoms with E-state index in [1.54, 1.807) is 14.2 Å². The molecular formula is C34H29NO3. The molecule has 0 spiro atoms. The molecule has 0 aromatic heterocycles. The molecular weight excluding hydrogens is 470 g/mol. The second-order valence-electron chi connectivity index (χ2n) is 9.29. The van der Waals surface area contributed by atoms with Crippen LogP contribution in [0.5, 0.6) is 17.2 Å². The van der Waals surface area contributed by atoms with Crippen molar-refractivity contribution in [1.82, 2.24) is 0 Å². The molecule has 38 heavy (non-hydrogen) atoms. The van der Waals surface area contributed by atoms with E-state index in [1.165, 1.54) is 5.56 Å². The SMILES string of the molecule is COc1cccc(C2Oc3cccc(OC)c3-c3ccc(-c4ccccc4NCc4ccccc4)cc32)c1. The molecule has 6 rings (SSSR count). The summed E-state index contributed by atoms with van der Waals surface area (Å²) in [6, 6.07) is 39.5. The Bertz CT molecular complexity index is 1580. The van der Waals surface area contributed by atoms with Crippen LogP contribution in [0.2, 0.25) is 0 Å². The fourth-order valence-electron chi connectivity index (χ4n) is 5.14. The Labute approximate surface area is 223 Å². The van der Waals surface area contributed by atoms with Crippen molar-refractivity contribution in [3.8, 4) is 39.5 Å². The van der Waals surface area contributed by atoms with Gasteiger partial charge in [-0.25, -0.2) is 0 Å². The molecule has 5 aromatic carbocycles. The predicted octanol–water partition coefficient (Wildman–Crippen LogP) is 8.13. The van der Waals surface area contributed by atoms with Crippen molar-refractivity contribution >= 4 is 5.69 Å². The Morgan fingerprint density at radius 2 is 1.53 bits per heavy atom. The third-order valence-electron chi connectivity index (χ3n) is 7.02. The molecule has 5 aromatic rings. The van der Waals surface area contributed by atoms with Gasteiger partial charge in [0.15, 0.2) is 0 Å². The van der Waals surface area contributed by atoms with Gasteiger partial charge >= 0.3 is 0 Å². The summed E-state index contributed by atoms with van der Waals surface area (Å²) in [6.45, 7) is 0.753. The number of para-hydroxylation sites is 1. The Morgan fingerprint density at radius 1 is 0.711 bits per heavy atom. The summed E-state index contributed by atoms with van der Waals surface area (Å²) in [7, 11) is 3.39. The van der Waals surface area contributed by atoms with E-state index in [9.17, 15) is 0 Å². The van der Waals surface area contributed by atoms with E-state index >= 15 is 0 Å². The summed E-state index contributed by atoms with van der Waals surface area (Å²) in [5, 5.41) is 3.63. The molecule has 1 unspecified atom stereocenters. The molecule has 0 saturated heterocycles. The van der Waals surface area contributed by atoms with Gasteiger partial charge in [0.1, 0.15) is 23.4 Å². The number of anilines is 1. The average molecular weight is 500 g/mol. The van der Waals surface area contributed by atoms with Crippen LogP contribution in [0.15, 0.2) is 115 Å². The lowest BCUT2D eigenvalue weighted by Crippen LogP contribution is -2.16. The highest BCUT2D eigenvalue weighted by molar-refractivity contribution is 5.86. The highest BCUT2D eigenvalue weighted by atomic mass is 16.5. The largest absolute Gasteiger partial charge is 0.497 e. The average Bonchev–Trinajstić information content (AvgIpc) is 2.99. The highest BCUT2D eigenvalue weighted by Gasteiger charge is 2.30. The Morgan fingerprint density at radius 3 is 2.37 bits per heavy atom. The maximum absolute atomic E-state index is 6.66. The van der Waals surface area contributed by atoms with E-state index in [0.717, 1.165) is 62.9 Å². The minimum Gasteiger partial charge on any atom is -0.497 e. The number of hydrogen-bond acceptors (Lipinski definition) is 4. The zero-order chi connectivity index (χ0) is 25.9. The van der Waals surface area contributed by atoms with Gasteiger partial charge in [0.05, 0.1) is 19.8 Å². The molecule has 0 fully saturated rings. The van der Waals surface area contributed by atoms with Crippen LogP contribution in [0.3, 0.4) is 0 Å². The molecule has 0 aliphatic carbocycles. The molecule has 1 N–H and O–H groups in total. The molecule has 1 heterocycles. The second kappa shape index (κ2) is 10.3. The quantitative estimate of drug-likeness (QED) is 0.245. The smallest absolute Gasteiger partial charge is 0.150 e. The van der Waals surface area contributed by atoms with Gasteiger partial charge in [0.25, 0.3) is 0 Å². The van der Waals surface area contributed by atoms with Crippen LogP contribution >= 0.6 is 0 Å². The lowest BCUT2D eigenvalue weighted by atomic mass is 9.86. The predicted molar refractivity (Wildman–Crippen MR) is 153 cm³/mol. The van der Waals surface area contributed by atoms with Crippen LogP contribution in [0.1, 0.15) is 22.8 Å². The molecule has 188 valence electrons. The number of hydrogen-bond donors (Lipinski definition) is 1. The van der Waals surface area contributed by atoms with Gasteiger partial charge in [-0.2, -0.15) is 0 Å². The molecule has 1 aliphatic rings. The number of fused-ring (bicyclic) bond motifs is 3. The van der Waals surface area contributed by atoms with Gasteiger partial charge < -0.3 is 19.5 Å². The first-order valence-electron chi connectivity index (χ1n) is 12.7. The van der Waals surface area contributed by atoms with Crippen LogP contribution in [-0.4, -0.2) is 14.2 Å². The molecule has 1 aliphatic heterocycles. The number of methoxy groups -OCH3 is 2. The number of benzene rings is 5. The normalized spacial score (nSPS) is 13.6. The summed E-state index contributed by atoms with van der Waals surface area (Å²) >= 11 is 0. The summed E-state index contributed by atoms with van der Waals surface area (Å²) in [6.07, 6.45) is -0.288. The van der Waals surface area contributed by atoms with E-state index < -0.39 is 0 Å². The van der Waals surface area contributed by atoms with E-state index in [2.05, 4.69) is 78.1 Å². The van der Waals surface area contributed by atoms with E-state index in [-0.39, 0.29) is 6.10 Å². The minimum atomic E-state index is -0.288. The molecule has 0 saturated carbocycles. The fraction of sp³-hybridized carbons (Fsp3) is 0.118. The van der Waals surface area contributed by atoms with Crippen LogP contribution in [0, 0.1) is 0 Å². The molecule has 0 bridgehead atoms. The van der Waals surface area contributed by atoms with Crippen LogP contribution in [0.25, 0.3) is 22.3 Å². The first kappa shape index (κ1) is 23.7. The van der Waals surface area contributed by atoms with Crippen molar-refractivity contribution in [1.29, 1.82) is 0 Å². The lowest BCUT2D eigenvalue weighted by Gasteiger charge is -2.31. The summed E-state index contributed by atoms with van der Waals surface area (Å²) in [5.74, 6) is 2.41. The van der Waals surface area contributed by atoms with E-state index in [1.807, 2.05) is 42.5 Å². The Balaban J connectivity index is 1.46. The number of rotatable bonds is 7. The van der Waals surface area contributed by atoms with Crippen LogP contribution in [-0.2, 0) is 6.54 Å². The van der Waals surface area contributed by atoms with Crippen molar-refractivity contribution in [2.75, 3.05) is 19.5 Å². The van der Waals surface area contributed by atoms with Gasteiger partial charge in [-0.1, -0.05) is 78.9 Å². The molecule has 4 nitrogen and oxygen atoms in total. The first-order valence-corrected chi connectivity index (χ1v) is 12.7. The van der Waals surface area contributed by atoms with Crippen molar-refractivity contribution in [2.45, 2.75) is 12.6 Å². The Kier molecular flexibility index (Phi) is 6.45. The molecule has 0 radical (unpaired) electrons. The molecule has 0 amide bonds. The number of nitrogens with one attached hydrogen (secondary N) is 1. The molecule has 1 atom stereocenters. The summed E-state index contributed by atoms with van der Waals surface area (Å²) in [4.78, 5) is 0. The third kappa shape index (κ3) is 4.46. The highest BCUT2D eigenvalue weighted by Crippen LogP contribution is 2.50. The van der Waals surface area contributed by atoms with Crippen molar-refractivity contribution in [3.63, 3.8) is 0 Å².